The molecule has 0 fully saturated rings. The molecule has 0 saturated heterocycles. The minimum atomic E-state index is -0.419. The molecule has 3 rings (SSSR count). The first kappa shape index (κ1) is 22.1. The van der Waals surface area contributed by atoms with Gasteiger partial charge in [-0.25, -0.2) is 4.79 Å². The van der Waals surface area contributed by atoms with Gasteiger partial charge in [-0.2, -0.15) is 5.10 Å². The van der Waals surface area contributed by atoms with Crippen molar-refractivity contribution in [2.24, 2.45) is 10.2 Å². The molecule has 0 aliphatic rings. The maximum Gasteiger partial charge on any atom is 0.356 e. The number of carbonyl (C=O) groups excluding carboxylic acids is 1. The van der Waals surface area contributed by atoms with Crippen LogP contribution in [0.25, 0.3) is 5.69 Å². The molecule has 0 amide bonds. The molecule has 0 spiro atoms. The Balaban J connectivity index is 2.03. The summed E-state index contributed by atoms with van der Waals surface area (Å²) in [5.41, 5.74) is 1.89. The van der Waals surface area contributed by atoms with Crippen molar-refractivity contribution in [2.75, 3.05) is 27.9 Å². The van der Waals surface area contributed by atoms with Crippen LogP contribution < -0.4 is 19.0 Å². The number of aromatic nitrogens is 1. The van der Waals surface area contributed by atoms with Gasteiger partial charge in [0.2, 0.25) is 10.6 Å². The number of nitrogens with zero attached hydrogens (tertiary/aromatic N) is 3. The number of carbonyl (C=O) groups is 1. The molecule has 1 heterocycles. The van der Waals surface area contributed by atoms with Gasteiger partial charge in [0.05, 0.1) is 34.2 Å². The molecule has 0 aliphatic carbocycles. The second-order valence-electron chi connectivity index (χ2n) is 6.10. The lowest BCUT2D eigenvalue weighted by atomic mass is 10.2. The molecule has 9 heteroatoms. The van der Waals surface area contributed by atoms with Crippen molar-refractivity contribution < 1.29 is 23.7 Å². The molecule has 1 aromatic heterocycles. The molecule has 0 atom stereocenters. The first-order valence-corrected chi connectivity index (χ1v) is 10.3. The van der Waals surface area contributed by atoms with Crippen LogP contribution in [0.15, 0.2) is 58.0 Å². The Morgan fingerprint density at radius 1 is 1.06 bits per heavy atom. The third-order valence-electron chi connectivity index (χ3n) is 4.24. The summed E-state index contributed by atoms with van der Waals surface area (Å²) in [6, 6.07) is 13.0. The second kappa shape index (κ2) is 10.4. The van der Waals surface area contributed by atoms with Crippen LogP contribution >= 0.6 is 11.3 Å². The Morgan fingerprint density at radius 3 is 2.32 bits per heavy atom. The molecule has 8 nitrogen and oxygen atoms in total. The lowest BCUT2D eigenvalue weighted by Gasteiger charge is -2.12. The van der Waals surface area contributed by atoms with Gasteiger partial charge in [-0.3, -0.25) is 4.57 Å². The van der Waals surface area contributed by atoms with Crippen molar-refractivity contribution in [3.8, 4) is 22.9 Å². The number of rotatable bonds is 8. The van der Waals surface area contributed by atoms with Gasteiger partial charge in [-0.05, 0) is 31.2 Å². The normalized spacial score (nSPS) is 11.5. The van der Waals surface area contributed by atoms with E-state index in [1.807, 2.05) is 30.3 Å². The maximum atomic E-state index is 12.4. The first-order valence-electron chi connectivity index (χ1n) is 9.43. The van der Waals surface area contributed by atoms with Gasteiger partial charge >= 0.3 is 5.97 Å². The minimum absolute atomic E-state index is 0.287. The van der Waals surface area contributed by atoms with E-state index in [1.165, 1.54) is 11.3 Å². The zero-order valence-electron chi connectivity index (χ0n) is 17.7. The van der Waals surface area contributed by atoms with E-state index in [4.69, 9.17) is 18.9 Å². The van der Waals surface area contributed by atoms with Gasteiger partial charge in [0.15, 0.2) is 11.5 Å². The standard InChI is InChI=1S/C22H23N3O5S/c1-5-30-21(26)17-14-31-22(25(17)16-9-7-6-8-10-16)24-23-13-15-11-18(27-2)20(29-4)19(12-15)28-3/h6-14H,5H2,1-4H3/b23-13-,24-22-. The summed E-state index contributed by atoms with van der Waals surface area (Å²) in [6.07, 6.45) is 1.57. The number of esters is 1. The van der Waals surface area contributed by atoms with Crippen LogP contribution in [-0.2, 0) is 4.74 Å². The summed E-state index contributed by atoms with van der Waals surface area (Å²) < 4.78 is 23.0. The Morgan fingerprint density at radius 2 is 1.74 bits per heavy atom. The molecule has 0 bridgehead atoms. The van der Waals surface area contributed by atoms with Crippen molar-refractivity contribution in [2.45, 2.75) is 6.92 Å². The van der Waals surface area contributed by atoms with Crippen LogP contribution in [0.3, 0.4) is 0 Å². The fourth-order valence-electron chi connectivity index (χ4n) is 2.88. The molecule has 0 unspecified atom stereocenters. The smallest absolute Gasteiger partial charge is 0.356 e. The van der Waals surface area contributed by atoms with Gasteiger partial charge in [0, 0.05) is 16.6 Å². The zero-order valence-corrected chi connectivity index (χ0v) is 18.5. The third kappa shape index (κ3) is 4.95. The number of ether oxygens (including phenoxy) is 4. The van der Waals surface area contributed by atoms with Gasteiger partial charge < -0.3 is 18.9 Å². The summed E-state index contributed by atoms with van der Waals surface area (Å²) in [5, 5.41) is 10.2. The van der Waals surface area contributed by atoms with Crippen LogP contribution in [0, 0.1) is 0 Å². The van der Waals surface area contributed by atoms with Crippen LogP contribution in [0.4, 0.5) is 0 Å². The molecular formula is C22H23N3O5S. The SMILES string of the molecule is CCOC(=O)c1cs/c(=N\N=C/c2cc(OC)c(OC)c(OC)c2)n1-c1ccccc1. The van der Waals surface area contributed by atoms with E-state index in [9.17, 15) is 4.79 Å². The molecule has 162 valence electrons. The quantitative estimate of drug-likeness (QED) is 0.303. The highest BCUT2D eigenvalue weighted by Crippen LogP contribution is 2.37. The second-order valence-corrected chi connectivity index (χ2v) is 6.93. The van der Waals surface area contributed by atoms with Crippen molar-refractivity contribution in [3.63, 3.8) is 0 Å². The molecule has 0 radical (unpaired) electrons. The number of benzene rings is 2. The Kier molecular flexibility index (Phi) is 7.45. The van der Waals surface area contributed by atoms with E-state index in [1.54, 1.807) is 56.5 Å². The summed E-state index contributed by atoms with van der Waals surface area (Å²) in [5.74, 6) is 1.11. The van der Waals surface area contributed by atoms with Gasteiger partial charge in [0.25, 0.3) is 0 Å². The maximum absolute atomic E-state index is 12.4. The highest BCUT2D eigenvalue weighted by Gasteiger charge is 2.16. The van der Waals surface area contributed by atoms with Crippen LogP contribution in [-0.4, -0.2) is 44.7 Å². The van der Waals surface area contributed by atoms with E-state index in [2.05, 4.69) is 10.2 Å². The number of thiazole rings is 1. The topological polar surface area (TPSA) is 83.6 Å². The van der Waals surface area contributed by atoms with Gasteiger partial charge in [-0.1, -0.05) is 18.2 Å². The summed E-state index contributed by atoms with van der Waals surface area (Å²) in [6.45, 7) is 2.05. The fourth-order valence-corrected chi connectivity index (χ4v) is 3.70. The van der Waals surface area contributed by atoms with Crippen molar-refractivity contribution >= 4 is 23.5 Å². The lowest BCUT2D eigenvalue weighted by molar-refractivity contribution is 0.0516. The third-order valence-corrected chi connectivity index (χ3v) is 5.06. The molecular weight excluding hydrogens is 418 g/mol. The predicted octanol–water partition coefficient (Wildman–Crippen LogP) is 3.68. The molecule has 0 saturated carbocycles. The molecule has 31 heavy (non-hydrogen) atoms. The number of hydrogen-bond donors (Lipinski definition) is 0. The first-order chi connectivity index (χ1) is 15.1. The van der Waals surface area contributed by atoms with E-state index in [0.717, 1.165) is 5.69 Å². The van der Waals surface area contributed by atoms with E-state index >= 15 is 0 Å². The monoisotopic (exact) mass is 441 g/mol. The molecule has 0 N–H and O–H groups in total. The molecule has 0 aliphatic heterocycles. The lowest BCUT2D eigenvalue weighted by Crippen LogP contribution is -2.19. The summed E-state index contributed by atoms with van der Waals surface area (Å²) >= 11 is 1.29. The largest absolute Gasteiger partial charge is 0.493 e. The summed E-state index contributed by atoms with van der Waals surface area (Å²) in [4.78, 5) is 12.9. The average molecular weight is 442 g/mol. The van der Waals surface area contributed by atoms with Gasteiger partial charge in [-0.15, -0.1) is 16.4 Å². The van der Waals surface area contributed by atoms with Crippen LogP contribution in [0.5, 0.6) is 17.2 Å². The Labute approximate surface area is 184 Å². The van der Waals surface area contributed by atoms with Gasteiger partial charge in [0.1, 0.15) is 5.69 Å². The van der Waals surface area contributed by atoms with E-state index < -0.39 is 5.97 Å². The number of para-hydroxylation sites is 1. The van der Waals surface area contributed by atoms with Crippen molar-refractivity contribution in [3.05, 3.63) is 63.9 Å². The van der Waals surface area contributed by atoms with Crippen molar-refractivity contribution in [1.29, 1.82) is 0 Å². The predicted molar refractivity (Wildman–Crippen MR) is 119 cm³/mol. The van der Waals surface area contributed by atoms with Crippen molar-refractivity contribution in [1.82, 2.24) is 4.57 Å². The Hall–Kier alpha value is -3.59. The highest BCUT2D eigenvalue weighted by atomic mass is 32.1. The zero-order chi connectivity index (χ0) is 22.2. The molecule has 3 aromatic rings. The highest BCUT2D eigenvalue weighted by molar-refractivity contribution is 7.07. The minimum Gasteiger partial charge on any atom is -0.493 e. The van der Waals surface area contributed by atoms with E-state index in [-0.39, 0.29) is 6.61 Å². The Bertz CT molecular complexity index is 1110. The fraction of sp³-hybridized carbons (Fsp3) is 0.227. The number of methoxy groups -OCH3 is 3. The van der Waals surface area contributed by atoms with Crippen LogP contribution in [0.2, 0.25) is 0 Å². The molecule has 2 aromatic carbocycles. The summed E-state index contributed by atoms with van der Waals surface area (Å²) in [7, 11) is 4.64. The van der Waals surface area contributed by atoms with E-state index in [0.29, 0.717) is 33.3 Å². The number of hydrogen-bond acceptors (Lipinski definition) is 8. The average Bonchev–Trinajstić information content (AvgIpc) is 3.23. The van der Waals surface area contributed by atoms with Crippen LogP contribution in [0.1, 0.15) is 23.0 Å².